The molecule has 2 atom stereocenters. The van der Waals surface area contributed by atoms with Gasteiger partial charge in [0.25, 0.3) is 10.0 Å². The van der Waals surface area contributed by atoms with Crippen molar-refractivity contribution >= 4 is 20.9 Å². The minimum Gasteiger partial charge on any atom is -0.364 e. The van der Waals surface area contributed by atoms with E-state index in [0.29, 0.717) is 11.5 Å². The third-order valence-electron chi connectivity index (χ3n) is 6.87. The lowest BCUT2D eigenvalue weighted by molar-refractivity contribution is 0.0155. The minimum absolute atomic E-state index is 0.226. The van der Waals surface area contributed by atoms with Crippen LogP contribution < -0.4 is 0 Å². The predicted molar refractivity (Wildman–Crippen MR) is 121 cm³/mol. The zero-order valence-electron chi connectivity index (χ0n) is 17.3. The highest BCUT2D eigenvalue weighted by Crippen LogP contribution is 2.56. The lowest BCUT2D eigenvalue weighted by Gasteiger charge is -2.31. The van der Waals surface area contributed by atoms with Crippen molar-refractivity contribution in [3.05, 3.63) is 101 Å². The van der Waals surface area contributed by atoms with Crippen LogP contribution in [0.5, 0.6) is 0 Å². The number of hydrogen-bond donors (Lipinski definition) is 0. The van der Waals surface area contributed by atoms with Gasteiger partial charge in [-0.3, -0.25) is 0 Å². The Bertz CT molecular complexity index is 1400. The van der Waals surface area contributed by atoms with Crippen molar-refractivity contribution in [2.24, 2.45) is 5.92 Å². The SMILES string of the molecule is Cc1ccc(S(=O)(=O)n2c3c(c4ccccc42)C[C@@H]2CCO[C@]32c2ccccc2)cc1. The normalized spacial score (nSPS) is 22.5. The summed E-state index contributed by atoms with van der Waals surface area (Å²) >= 11 is 0. The average Bonchev–Trinajstić information content (AvgIpc) is 3.43. The molecule has 1 aliphatic carbocycles. The molecule has 1 aromatic heterocycles. The monoisotopic (exact) mass is 429 g/mol. The number of benzene rings is 3. The number of fused-ring (bicyclic) bond motifs is 5. The van der Waals surface area contributed by atoms with E-state index in [1.54, 1.807) is 16.1 Å². The van der Waals surface area contributed by atoms with Crippen LogP contribution in [0.4, 0.5) is 0 Å². The summed E-state index contributed by atoms with van der Waals surface area (Å²) in [4.78, 5) is 0.298. The van der Waals surface area contributed by atoms with Gasteiger partial charge in [-0.1, -0.05) is 66.2 Å². The topological polar surface area (TPSA) is 48.3 Å². The van der Waals surface area contributed by atoms with Crippen molar-refractivity contribution < 1.29 is 13.2 Å². The second-order valence-corrected chi connectivity index (χ2v) is 10.4. The molecule has 2 heterocycles. The van der Waals surface area contributed by atoms with Gasteiger partial charge in [0.2, 0.25) is 0 Å². The Morgan fingerprint density at radius 1 is 0.935 bits per heavy atom. The summed E-state index contributed by atoms with van der Waals surface area (Å²) in [5.41, 5.74) is 3.91. The lowest BCUT2D eigenvalue weighted by atomic mass is 9.83. The molecule has 156 valence electrons. The zero-order chi connectivity index (χ0) is 21.2. The average molecular weight is 430 g/mol. The quantitative estimate of drug-likeness (QED) is 0.459. The van der Waals surface area contributed by atoms with Crippen LogP contribution in [0.15, 0.2) is 83.8 Å². The summed E-state index contributed by atoms with van der Waals surface area (Å²) in [6, 6.07) is 25.0. The molecule has 0 saturated carbocycles. The Labute approximate surface area is 182 Å². The van der Waals surface area contributed by atoms with E-state index in [1.165, 1.54) is 0 Å². The largest absolute Gasteiger partial charge is 0.364 e. The maximum absolute atomic E-state index is 14.0. The summed E-state index contributed by atoms with van der Waals surface area (Å²) in [6.45, 7) is 2.59. The molecule has 1 fully saturated rings. The van der Waals surface area contributed by atoms with Crippen LogP contribution >= 0.6 is 0 Å². The highest BCUT2D eigenvalue weighted by Gasteiger charge is 2.56. The second-order valence-electron chi connectivity index (χ2n) is 8.57. The van der Waals surface area contributed by atoms with Crippen molar-refractivity contribution in [3.8, 4) is 0 Å². The molecule has 0 unspecified atom stereocenters. The Balaban J connectivity index is 1.72. The summed E-state index contributed by atoms with van der Waals surface area (Å²) < 4.78 is 36.2. The smallest absolute Gasteiger partial charge is 0.268 e. The van der Waals surface area contributed by atoms with Crippen molar-refractivity contribution in [3.63, 3.8) is 0 Å². The molecule has 4 aromatic rings. The molecule has 1 aliphatic heterocycles. The first kappa shape index (κ1) is 18.8. The van der Waals surface area contributed by atoms with E-state index in [4.69, 9.17) is 4.74 Å². The number of rotatable bonds is 3. The first-order valence-electron chi connectivity index (χ1n) is 10.7. The van der Waals surface area contributed by atoms with Crippen LogP contribution in [0.25, 0.3) is 10.9 Å². The van der Waals surface area contributed by atoms with Gasteiger partial charge in [-0.25, -0.2) is 12.4 Å². The number of ether oxygens (including phenoxy) is 1. The molecular formula is C26H23NO3S. The molecule has 5 heteroatoms. The first-order valence-corrected chi connectivity index (χ1v) is 12.1. The molecule has 4 nitrogen and oxygen atoms in total. The van der Waals surface area contributed by atoms with E-state index in [9.17, 15) is 8.42 Å². The number of hydrogen-bond acceptors (Lipinski definition) is 3. The molecule has 3 aromatic carbocycles. The van der Waals surface area contributed by atoms with E-state index in [0.717, 1.165) is 46.1 Å². The molecule has 6 rings (SSSR count). The molecule has 0 amide bonds. The molecule has 31 heavy (non-hydrogen) atoms. The Hall–Kier alpha value is -2.89. The van der Waals surface area contributed by atoms with Gasteiger partial charge in [-0.2, -0.15) is 0 Å². The molecule has 0 spiro atoms. The Morgan fingerprint density at radius 2 is 1.65 bits per heavy atom. The molecular weight excluding hydrogens is 406 g/mol. The molecule has 0 radical (unpaired) electrons. The fraction of sp³-hybridized carbons (Fsp3) is 0.231. The fourth-order valence-corrected chi connectivity index (χ4v) is 7.10. The van der Waals surface area contributed by atoms with Crippen LogP contribution in [0.2, 0.25) is 0 Å². The number of nitrogens with zero attached hydrogens (tertiary/aromatic N) is 1. The van der Waals surface area contributed by atoms with Gasteiger partial charge in [0.1, 0.15) is 5.60 Å². The summed E-state index contributed by atoms with van der Waals surface area (Å²) in [7, 11) is -3.81. The summed E-state index contributed by atoms with van der Waals surface area (Å²) in [5.74, 6) is 0.226. The van der Waals surface area contributed by atoms with Gasteiger partial charge in [-0.05, 0) is 49.1 Å². The third-order valence-corrected chi connectivity index (χ3v) is 8.60. The van der Waals surface area contributed by atoms with Crippen molar-refractivity contribution in [1.29, 1.82) is 0 Å². The third kappa shape index (κ3) is 2.47. The zero-order valence-corrected chi connectivity index (χ0v) is 18.1. The van der Waals surface area contributed by atoms with Crippen molar-refractivity contribution in [1.82, 2.24) is 3.97 Å². The van der Waals surface area contributed by atoms with E-state index < -0.39 is 15.6 Å². The maximum atomic E-state index is 14.0. The Morgan fingerprint density at radius 3 is 2.42 bits per heavy atom. The fourth-order valence-electron chi connectivity index (χ4n) is 5.50. The molecule has 1 saturated heterocycles. The van der Waals surface area contributed by atoms with Crippen LogP contribution in [0.1, 0.15) is 28.8 Å². The first-order chi connectivity index (χ1) is 15.0. The van der Waals surface area contributed by atoms with E-state index in [2.05, 4.69) is 12.1 Å². The predicted octanol–water partition coefficient (Wildman–Crippen LogP) is 5.02. The van der Waals surface area contributed by atoms with Crippen LogP contribution in [-0.4, -0.2) is 19.0 Å². The van der Waals surface area contributed by atoms with Gasteiger partial charge in [-0.15, -0.1) is 0 Å². The van der Waals surface area contributed by atoms with Gasteiger partial charge < -0.3 is 4.74 Å². The van der Waals surface area contributed by atoms with Crippen molar-refractivity contribution in [2.45, 2.75) is 30.3 Å². The highest BCUT2D eigenvalue weighted by atomic mass is 32.2. The maximum Gasteiger partial charge on any atom is 0.268 e. The van der Waals surface area contributed by atoms with E-state index in [-0.39, 0.29) is 5.92 Å². The summed E-state index contributed by atoms with van der Waals surface area (Å²) in [6.07, 6.45) is 1.74. The van der Waals surface area contributed by atoms with Gasteiger partial charge in [0.15, 0.2) is 0 Å². The van der Waals surface area contributed by atoms with E-state index in [1.807, 2.05) is 61.5 Å². The number of aromatic nitrogens is 1. The van der Waals surface area contributed by atoms with E-state index >= 15 is 0 Å². The number of para-hydroxylation sites is 1. The lowest BCUT2D eigenvalue weighted by Crippen LogP contribution is -2.34. The van der Waals surface area contributed by atoms with Gasteiger partial charge >= 0.3 is 0 Å². The number of aryl methyl sites for hydroxylation is 1. The second kappa shape index (κ2) is 6.55. The van der Waals surface area contributed by atoms with Gasteiger partial charge in [0.05, 0.1) is 16.1 Å². The van der Waals surface area contributed by atoms with Crippen LogP contribution in [0.3, 0.4) is 0 Å². The Kier molecular flexibility index (Phi) is 3.98. The molecule has 0 bridgehead atoms. The molecule has 0 N–H and O–H groups in total. The van der Waals surface area contributed by atoms with Gasteiger partial charge in [0, 0.05) is 17.9 Å². The minimum atomic E-state index is -3.81. The summed E-state index contributed by atoms with van der Waals surface area (Å²) in [5, 5.41) is 1.00. The standard InChI is InChI=1S/C26H23NO3S/c1-18-11-13-21(14-12-18)31(28,29)27-24-10-6-5-9-22(24)23-17-20-15-16-30-26(20,25(23)27)19-7-3-2-4-8-19/h2-14,20H,15-17H2,1H3/t20-,26-/m0/s1. The van der Waals surface area contributed by atoms with Crippen molar-refractivity contribution in [2.75, 3.05) is 6.61 Å². The van der Waals surface area contributed by atoms with Crippen LogP contribution in [-0.2, 0) is 26.8 Å². The highest BCUT2D eigenvalue weighted by molar-refractivity contribution is 7.90. The molecule has 2 aliphatic rings. The van der Waals surface area contributed by atoms with Crippen LogP contribution in [0, 0.1) is 12.8 Å².